The Bertz CT molecular complexity index is 660. The molecule has 0 heterocycles. The Kier molecular flexibility index (Phi) is 4.06. The predicted octanol–water partition coefficient (Wildman–Crippen LogP) is 4.12. The van der Waals surface area contributed by atoms with Crippen molar-refractivity contribution in [2.75, 3.05) is 5.32 Å². The van der Waals surface area contributed by atoms with Crippen molar-refractivity contribution in [1.29, 1.82) is 5.26 Å². The second-order valence-corrected chi connectivity index (χ2v) is 4.64. The summed E-state index contributed by atoms with van der Waals surface area (Å²) in [4.78, 5) is 12.0. The van der Waals surface area contributed by atoms with Crippen molar-refractivity contribution in [2.24, 2.45) is 0 Å². The lowest BCUT2D eigenvalue weighted by Crippen LogP contribution is -2.12. The van der Waals surface area contributed by atoms with Gasteiger partial charge in [-0.2, -0.15) is 5.26 Å². The number of benzene rings is 2. The molecule has 0 unspecified atom stereocenters. The van der Waals surface area contributed by atoms with Crippen LogP contribution >= 0.6 is 23.2 Å². The van der Waals surface area contributed by atoms with Gasteiger partial charge in [0.15, 0.2) is 0 Å². The summed E-state index contributed by atoms with van der Waals surface area (Å²) < 4.78 is 0. The van der Waals surface area contributed by atoms with Gasteiger partial charge < -0.3 is 5.32 Å². The Balaban J connectivity index is 2.26. The third-order valence-electron chi connectivity index (χ3n) is 2.46. The molecule has 0 saturated carbocycles. The first-order chi connectivity index (χ1) is 9.10. The van der Waals surface area contributed by atoms with Gasteiger partial charge in [0.1, 0.15) is 6.07 Å². The average Bonchev–Trinajstić information content (AvgIpc) is 2.39. The summed E-state index contributed by atoms with van der Waals surface area (Å²) in [5.74, 6) is -0.324. The molecule has 0 fully saturated rings. The molecular weight excluding hydrogens is 283 g/mol. The van der Waals surface area contributed by atoms with Crippen LogP contribution in [-0.4, -0.2) is 5.91 Å². The van der Waals surface area contributed by atoms with E-state index in [1.165, 1.54) is 6.07 Å². The second kappa shape index (κ2) is 5.75. The van der Waals surface area contributed by atoms with Crippen LogP contribution in [0.25, 0.3) is 0 Å². The molecule has 2 aromatic rings. The van der Waals surface area contributed by atoms with E-state index >= 15 is 0 Å². The summed E-state index contributed by atoms with van der Waals surface area (Å²) in [6.07, 6.45) is 0. The number of carbonyl (C=O) groups excluding carboxylic acids is 1. The number of rotatable bonds is 2. The van der Waals surface area contributed by atoms with Gasteiger partial charge in [-0.05, 0) is 42.5 Å². The van der Waals surface area contributed by atoms with Gasteiger partial charge in [-0.15, -0.1) is 0 Å². The zero-order chi connectivity index (χ0) is 13.8. The first-order valence-corrected chi connectivity index (χ1v) is 6.12. The summed E-state index contributed by atoms with van der Waals surface area (Å²) in [5.41, 5.74) is 1.19. The molecule has 0 aromatic heterocycles. The van der Waals surface area contributed by atoms with E-state index in [-0.39, 0.29) is 5.91 Å². The van der Waals surface area contributed by atoms with Gasteiger partial charge in [-0.25, -0.2) is 0 Å². The number of nitrogens with one attached hydrogen (secondary N) is 1. The normalized spacial score (nSPS) is 9.74. The van der Waals surface area contributed by atoms with Crippen molar-refractivity contribution < 1.29 is 4.79 Å². The molecule has 2 rings (SSSR count). The average molecular weight is 291 g/mol. The number of halogens is 2. The van der Waals surface area contributed by atoms with Gasteiger partial charge in [-0.3, -0.25) is 4.79 Å². The Morgan fingerprint density at radius 1 is 1.05 bits per heavy atom. The van der Waals surface area contributed by atoms with Crippen LogP contribution in [-0.2, 0) is 0 Å². The zero-order valence-electron chi connectivity index (χ0n) is 9.65. The highest BCUT2D eigenvalue weighted by Crippen LogP contribution is 2.21. The standard InChI is InChI=1S/C14H8Cl2N2O/c15-11-4-1-9(2-5-11)14(19)18-13-7-12(16)6-3-10(13)8-17/h1-7H,(H,18,19). The van der Waals surface area contributed by atoms with Gasteiger partial charge in [-0.1, -0.05) is 23.2 Å². The third-order valence-corrected chi connectivity index (χ3v) is 2.94. The number of hydrogen-bond donors (Lipinski definition) is 1. The number of carbonyl (C=O) groups is 1. The largest absolute Gasteiger partial charge is 0.321 e. The lowest BCUT2D eigenvalue weighted by molar-refractivity contribution is 0.102. The Morgan fingerprint density at radius 2 is 1.68 bits per heavy atom. The van der Waals surface area contributed by atoms with Crippen LogP contribution in [0, 0.1) is 11.3 Å². The molecule has 0 aliphatic rings. The second-order valence-electron chi connectivity index (χ2n) is 3.76. The summed E-state index contributed by atoms with van der Waals surface area (Å²) in [7, 11) is 0. The first-order valence-electron chi connectivity index (χ1n) is 5.37. The van der Waals surface area contributed by atoms with E-state index in [4.69, 9.17) is 28.5 Å². The molecule has 1 N–H and O–H groups in total. The van der Waals surface area contributed by atoms with Crippen molar-refractivity contribution in [2.45, 2.75) is 0 Å². The quantitative estimate of drug-likeness (QED) is 0.905. The van der Waals surface area contributed by atoms with Crippen LogP contribution in [0.3, 0.4) is 0 Å². The third kappa shape index (κ3) is 3.25. The van der Waals surface area contributed by atoms with Crippen molar-refractivity contribution in [3.8, 4) is 6.07 Å². The highest BCUT2D eigenvalue weighted by molar-refractivity contribution is 6.31. The molecular formula is C14H8Cl2N2O. The first kappa shape index (κ1) is 13.4. The minimum Gasteiger partial charge on any atom is -0.321 e. The molecule has 0 spiro atoms. The van der Waals surface area contributed by atoms with Crippen LogP contribution < -0.4 is 5.32 Å². The highest BCUT2D eigenvalue weighted by atomic mass is 35.5. The van der Waals surface area contributed by atoms with Crippen molar-refractivity contribution in [3.05, 3.63) is 63.6 Å². The van der Waals surface area contributed by atoms with Gasteiger partial charge in [0.25, 0.3) is 5.91 Å². The molecule has 94 valence electrons. The predicted molar refractivity (Wildman–Crippen MR) is 75.6 cm³/mol. The molecule has 0 aliphatic heterocycles. The van der Waals surface area contributed by atoms with Gasteiger partial charge >= 0.3 is 0 Å². The van der Waals surface area contributed by atoms with Crippen LogP contribution in [0.4, 0.5) is 5.69 Å². The fourth-order valence-electron chi connectivity index (χ4n) is 1.51. The van der Waals surface area contributed by atoms with E-state index in [1.807, 2.05) is 6.07 Å². The Morgan fingerprint density at radius 3 is 2.32 bits per heavy atom. The maximum atomic E-state index is 12.0. The van der Waals surface area contributed by atoms with Crippen LogP contribution in [0.15, 0.2) is 42.5 Å². The van der Waals surface area contributed by atoms with Gasteiger partial charge in [0.2, 0.25) is 0 Å². The number of nitriles is 1. The van der Waals surface area contributed by atoms with Gasteiger partial charge in [0, 0.05) is 15.6 Å². The highest BCUT2D eigenvalue weighted by Gasteiger charge is 2.09. The fourth-order valence-corrected chi connectivity index (χ4v) is 1.81. The molecule has 2 aromatic carbocycles. The number of nitrogens with zero attached hydrogens (tertiary/aromatic N) is 1. The molecule has 0 radical (unpaired) electrons. The Labute approximate surface area is 120 Å². The van der Waals surface area contributed by atoms with Crippen molar-refractivity contribution in [3.63, 3.8) is 0 Å². The topological polar surface area (TPSA) is 52.9 Å². The van der Waals surface area contributed by atoms with E-state index in [0.29, 0.717) is 26.9 Å². The number of anilines is 1. The molecule has 0 atom stereocenters. The van der Waals surface area contributed by atoms with E-state index in [9.17, 15) is 4.79 Å². The molecule has 0 bridgehead atoms. The molecule has 0 aliphatic carbocycles. The minimum absolute atomic E-state index is 0.324. The Hall–Kier alpha value is -2.02. The molecule has 5 heteroatoms. The molecule has 1 amide bonds. The monoisotopic (exact) mass is 290 g/mol. The number of hydrogen-bond acceptors (Lipinski definition) is 2. The minimum atomic E-state index is -0.324. The fraction of sp³-hybridized carbons (Fsp3) is 0. The molecule has 0 saturated heterocycles. The lowest BCUT2D eigenvalue weighted by Gasteiger charge is -2.07. The summed E-state index contributed by atoms with van der Waals surface area (Å²) in [5, 5.41) is 12.6. The molecule has 19 heavy (non-hydrogen) atoms. The van der Waals surface area contributed by atoms with Crippen molar-refractivity contribution >= 4 is 34.8 Å². The van der Waals surface area contributed by atoms with Gasteiger partial charge in [0.05, 0.1) is 11.3 Å². The van der Waals surface area contributed by atoms with E-state index in [2.05, 4.69) is 5.32 Å². The van der Waals surface area contributed by atoms with Crippen LogP contribution in [0.5, 0.6) is 0 Å². The van der Waals surface area contributed by atoms with E-state index in [1.54, 1.807) is 36.4 Å². The maximum Gasteiger partial charge on any atom is 0.255 e. The van der Waals surface area contributed by atoms with Crippen molar-refractivity contribution in [1.82, 2.24) is 0 Å². The summed E-state index contributed by atoms with van der Waals surface area (Å²) in [6, 6.07) is 13.1. The van der Waals surface area contributed by atoms with E-state index in [0.717, 1.165) is 0 Å². The lowest BCUT2D eigenvalue weighted by atomic mass is 10.1. The maximum absolute atomic E-state index is 12.0. The van der Waals surface area contributed by atoms with E-state index < -0.39 is 0 Å². The summed E-state index contributed by atoms with van der Waals surface area (Å²) >= 11 is 11.6. The molecule has 3 nitrogen and oxygen atoms in total. The van der Waals surface area contributed by atoms with Crippen LogP contribution in [0.1, 0.15) is 15.9 Å². The SMILES string of the molecule is N#Cc1ccc(Cl)cc1NC(=O)c1ccc(Cl)cc1. The summed E-state index contributed by atoms with van der Waals surface area (Å²) in [6.45, 7) is 0. The zero-order valence-corrected chi connectivity index (χ0v) is 11.2. The number of amides is 1. The van der Waals surface area contributed by atoms with Crippen LogP contribution in [0.2, 0.25) is 10.0 Å². The smallest absolute Gasteiger partial charge is 0.255 e.